The fourth-order valence-corrected chi connectivity index (χ4v) is 0.682. The lowest BCUT2D eigenvalue weighted by Gasteiger charge is -2.04. The van der Waals surface area contributed by atoms with Crippen molar-refractivity contribution in [2.75, 3.05) is 26.4 Å². The molecule has 0 fully saturated rings. The van der Waals surface area contributed by atoms with Crippen molar-refractivity contribution in [2.24, 2.45) is 0 Å². The molecule has 0 spiro atoms. The number of rotatable bonds is 8. The third-order valence-corrected chi connectivity index (χ3v) is 1.39. The molecule has 15 heavy (non-hydrogen) atoms. The van der Waals surface area contributed by atoms with Crippen molar-refractivity contribution in [2.45, 2.75) is 6.42 Å². The summed E-state index contributed by atoms with van der Waals surface area (Å²) in [6, 6.07) is 0. The van der Waals surface area contributed by atoms with Crippen LogP contribution in [0.1, 0.15) is 6.42 Å². The van der Waals surface area contributed by atoms with Crippen molar-refractivity contribution in [1.29, 1.82) is 0 Å². The molecule has 6 nitrogen and oxygen atoms in total. The second-order valence-electron chi connectivity index (χ2n) is 2.64. The number of esters is 1. The standard InChI is InChI=1S/C9H14O6/c1-7(9(12)13)6-8(11)15-5-4-14-3-2-10/h10H,1-6H2,(H,12,13). The van der Waals surface area contributed by atoms with E-state index in [0.29, 0.717) is 0 Å². The topological polar surface area (TPSA) is 93.1 Å². The average Bonchev–Trinajstić information content (AvgIpc) is 2.17. The molecule has 0 unspecified atom stereocenters. The molecule has 86 valence electrons. The van der Waals surface area contributed by atoms with Gasteiger partial charge in [0.1, 0.15) is 6.61 Å². The van der Waals surface area contributed by atoms with Crippen molar-refractivity contribution >= 4 is 11.9 Å². The second-order valence-corrected chi connectivity index (χ2v) is 2.64. The fourth-order valence-electron chi connectivity index (χ4n) is 0.682. The SMILES string of the molecule is C=C(CC(=O)OCCOCCO)C(=O)O. The molecule has 6 heteroatoms. The van der Waals surface area contributed by atoms with E-state index in [4.69, 9.17) is 14.9 Å². The molecule has 0 aromatic carbocycles. The average molecular weight is 218 g/mol. The molecule has 0 aliphatic rings. The predicted molar refractivity (Wildman–Crippen MR) is 50.3 cm³/mol. The van der Waals surface area contributed by atoms with E-state index < -0.39 is 11.9 Å². The van der Waals surface area contributed by atoms with Gasteiger partial charge in [0.2, 0.25) is 0 Å². The van der Waals surface area contributed by atoms with Crippen molar-refractivity contribution in [3.05, 3.63) is 12.2 Å². The highest BCUT2D eigenvalue weighted by molar-refractivity contribution is 5.91. The maximum absolute atomic E-state index is 10.9. The summed E-state index contributed by atoms with van der Waals surface area (Å²) in [5, 5.41) is 16.8. The summed E-state index contributed by atoms with van der Waals surface area (Å²) in [6.07, 6.45) is -0.338. The normalized spacial score (nSPS) is 9.67. The molecule has 0 atom stereocenters. The van der Waals surface area contributed by atoms with Gasteiger partial charge in [-0.05, 0) is 0 Å². The summed E-state index contributed by atoms with van der Waals surface area (Å²) in [5.41, 5.74) is -0.212. The summed E-state index contributed by atoms with van der Waals surface area (Å²) in [7, 11) is 0. The maximum atomic E-state index is 10.9. The lowest BCUT2D eigenvalue weighted by Crippen LogP contribution is -2.14. The van der Waals surface area contributed by atoms with Crippen LogP contribution in [-0.2, 0) is 19.1 Å². The number of hydrogen-bond acceptors (Lipinski definition) is 5. The Morgan fingerprint density at radius 2 is 1.87 bits per heavy atom. The number of carbonyl (C=O) groups excluding carboxylic acids is 1. The third kappa shape index (κ3) is 7.65. The van der Waals surface area contributed by atoms with Crippen LogP contribution in [0.4, 0.5) is 0 Å². The molecule has 0 aromatic rings. The van der Waals surface area contributed by atoms with Crippen LogP contribution in [0.15, 0.2) is 12.2 Å². The number of hydrogen-bond donors (Lipinski definition) is 2. The lowest BCUT2D eigenvalue weighted by molar-refractivity contribution is -0.146. The first kappa shape index (κ1) is 13.6. The van der Waals surface area contributed by atoms with Gasteiger partial charge in [-0.15, -0.1) is 0 Å². The lowest BCUT2D eigenvalue weighted by atomic mass is 10.2. The van der Waals surface area contributed by atoms with Gasteiger partial charge in [0.05, 0.1) is 26.2 Å². The summed E-state index contributed by atoms with van der Waals surface area (Å²) in [4.78, 5) is 21.2. The van der Waals surface area contributed by atoms with E-state index in [1.807, 2.05) is 0 Å². The van der Waals surface area contributed by atoms with Crippen LogP contribution in [0.25, 0.3) is 0 Å². The van der Waals surface area contributed by atoms with E-state index in [2.05, 4.69) is 11.3 Å². The van der Waals surface area contributed by atoms with E-state index >= 15 is 0 Å². The van der Waals surface area contributed by atoms with Crippen LogP contribution in [0, 0.1) is 0 Å². The van der Waals surface area contributed by atoms with Gasteiger partial charge in [-0.25, -0.2) is 4.79 Å². The Morgan fingerprint density at radius 3 is 2.40 bits per heavy atom. The zero-order chi connectivity index (χ0) is 11.7. The van der Waals surface area contributed by atoms with Gasteiger partial charge >= 0.3 is 11.9 Å². The van der Waals surface area contributed by atoms with Crippen LogP contribution in [0.5, 0.6) is 0 Å². The van der Waals surface area contributed by atoms with Crippen molar-refractivity contribution in [1.82, 2.24) is 0 Å². The Bertz CT molecular complexity index is 235. The first-order valence-corrected chi connectivity index (χ1v) is 4.33. The van der Waals surface area contributed by atoms with Crippen LogP contribution in [-0.4, -0.2) is 48.6 Å². The zero-order valence-electron chi connectivity index (χ0n) is 8.27. The molecule has 0 bridgehead atoms. The molecule has 0 amide bonds. The molecule has 0 saturated heterocycles. The van der Waals surface area contributed by atoms with Crippen LogP contribution in [0.3, 0.4) is 0 Å². The molecule has 0 heterocycles. The molecule has 0 aliphatic carbocycles. The molecular weight excluding hydrogens is 204 g/mol. The van der Waals surface area contributed by atoms with Crippen molar-refractivity contribution < 1.29 is 29.3 Å². The number of carboxylic acid groups (broad SMARTS) is 1. The second kappa shape index (κ2) is 7.95. The molecular formula is C9H14O6. The minimum absolute atomic E-state index is 0.0335. The summed E-state index contributed by atoms with van der Waals surface area (Å²) in [6.45, 7) is 3.48. The Kier molecular flexibility index (Phi) is 7.21. The molecule has 0 rings (SSSR count). The quantitative estimate of drug-likeness (QED) is 0.326. The van der Waals surface area contributed by atoms with E-state index in [1.54, 1.807) is 0 Å². The first-order valence-electron chi connectivity index (χ1n) is 4.33. The van der Waals surface area contributed by atoms with E-state index in [9.17, 15) is 9.59 Å². The minimum atomic E-state index is -1.22. The van der Waals surface area contributed by atoms with Gasteiger partial charge in [0.15, 0.2) is 0 Å². The van der Waals surface area contributed by atoms with Crippen molar-refractivity contribution in [3.63, 3.8) is 0 Å². The van der Waals surface area contributed by atoms with Gasteiger partial charge in [0.25, 0.3) is 0 Å². The Labute approximate surface area is 87.1 Å². The van der Waals surface area contributed by atoms with Crippen LogP contribution >= 0.6 is 0 Å². The Morgan fingerprint density at radius 1 is 1.20 bits per heavy atom. The number of aliphatic carboxylic acids is 1. The highest BCUT2D eigenvalue weighted by atomic mass is 16.6. The summed E-state index contributed by atoms with van der Waals surface area (Å²) in [5.74, 6) is -1.88. The van der Waals surface area contributed by atoms with E-state index in [0.717, 1.165) is 0 Å². The predicted octanol–water partition coefficient (Wildman–Crippen LogP) is -0.431. The smallest absolute Gasteiger partial charge is 0.331 e. The Hall–Kier alpha value is -1.40. The number of ether oxygens (including phenoxy) is 2. The number of aliphatic hydroxyl groups is 1. The molecule has 0 radical (unpaired) electrons. The van der Waals surface area contributed by atoms with Crippen LogP contribution in [0.2, 0.25) is 0 Å². The number of carbonyl (C=O) groups is 2. The van der Waals surface area contributed by atoms with Gasteiger partial charge in [-0.1, -0.05) is 6.58 Å². The third-order valence-electron chi connectivity index (χ3n) is 1.39. The van der Waals surface area contributed by atoms with Crippen molar-refractivity contribution in [3.8, 4) is 0 Å². The van der Waals surface area contributed by atoms with Crippen LogP contribution < -0.4 is 0 Å². The molecule has 0 saturated carbocycles. The highest BCUT2D eigenvalue weighted by Crippen LogP contribution is 1.99. The monoisotopic (exact) mass is 218 g/mol. The Balaban J connectivity index is 3.49. The first-order chi connectivity index (χ1) is 7.07. The van der Waals surface area contributed by atoms with Gasteiger partial charge in [0, 0.05) is 5.57 Å². The van der Waals surface area contributed by atoms with E-state index in [-0.39, 0.29) is 38.4 Å². The van der Waals surface area contributed by atoms with E-state index in [1.165, 1.54) is 0 Å². The molecule has 0 aromatic heterocycles. The number of aliphatic hydroxyl groups excluding tert-OH is 1. The number of carboxylic acids is 1. The molecule has 2 N–H and O–H groups in total. The zero-order valence-corrected chi connectivity index (χ0v) is 8.27. The minimum Gasteiger partial charge on any atom is -0.478 e. The molecule has 0 aliphatic heterocycles. The van der Waals surface area contributed by atoms with Gasteiger partial charge < -0.3 is 19.7 Å². The van der Waals surface area contributed by atoms with Gasteiger partial charge in [-0.2, -0.15) is 0 Å². The van der Waals surface area contributed by atoms with Gasteiger partial charge in [-0.3, -0.25) is 4.79 Å². The summed E-state index contributed by atoms with van der Waals surface area (Å²) >= 11 is 0. The highest BCUT2D eigenvalue weighted by Gasteiger charge is 2.10. The maximum Gasteiger partial charge on any atom is 0.331 e. The largest absolute Gasteiger partial charge is 0.478 e. The summed E-state index contributed by atoms with van der Waals surface area (Å²) < 4.78 is 9.46. The fraction of sp³-hybridized carbons (Fsp3) is 0.556.